The molecule has 0 saturated carbocycles. The molecule has 4 nitrogen and oxygen atoms in total. The molecule has 7 heteroatoms. The van der Waals surface area contributed by atoms with Crippen molar-refractivity contribution in [2.75, 3.05) is 5.32 Å². The Balaban J connectivity index is 1.96. The summed E-state index contributed by atoms with van der Waals surface area (Å²) in [5.41, 5.74) is 1.31. The van der Waals surface area contributed by atoms with E-state index < -0.39 is 11.8 Å². The Morgan fingerprint density at radius 3 is 2.80 bits per heavy atom. The third-order valence-corrected chi connectivity index (χ3v) is 6.38. The predicted molar refractivity (Wildman–Crippen MR) is 96.1 cm³/mol. The van der Waals surface area contributed by atoms with Gasteiger partial charge in [-0.1, -0.05) is 18.2 Å². The first kappa shape index (κ1) is 16.0. The van der Waals surface area contributed by atoms with E-state index in [1.807, 2.05) is 17.5 Å². The Morgan fingerprint density at radius 1 is 1.28 bits per heavy atom. The summed E-state index contributed by atoms with van der Waals surface area (Å²) in [6.45, 7) is 0. The van der Waals surface area contributed by atoms with Gasteiger partial charge in [-0.3, -0.25) is 4.79 Å². The smallest absolute Gasteiger partial charge is 0.346 e. The maximum Gasteiger partial charge on any atom is 0.346 e. The highest BCUT2D eigenvalue weighted by molar-refractivity contribution is 7.15. The van der Waals surface area contributed by atoms with E-state index in [0.29, 0.717) is 16.8 Å². The van der Waals surface area contributed by atoms with Gasteiger partial charge in [0, 0.05) is 27.7 Å². The molecular formula is C18H12FNO3S2. The molecule has 1 aliphatic heterocycles. The summed E-state index contributed by atoms with van der Waals surface area (Å²) in [6.07, 6.45) is 0.273. The van der Waals surface area contributed by atoms with Crippen LogP contribution in [-0.4, -0.2) is 17.0 Å². The summed E-state index contributed by atoms with van der Waals surface area (Å²) in [4.78, 5) is 25.9. The normalized spacial score (nSPS) is 16.4. The topological polar surface area (TPSA) is 66.4 Å². The highest BCUT2D eigenvalue weighted by Crippen LogP contribution is 2.50. The average Bonchev–Trinajstić information content (AvgIpc) is 3.21. The molecule has 0 fully saturated rings. The molecule has 126 valence electrons. The van der Waals surface area contributed by atoms with E-state index >= 15 is 0 Å². The van der Waals surface area contributed by atoms with Crippen molar-refractivity contribution in [3.05, 3.63) is 62.2 Å². The first-order valence-corrected chi connectivity index (χ1v) is 9.23. The third kappa shape index (κ3) is 2.75. The molecule has 2 N–H and O–H groups in total. The highest BCUT2D eigenvalue weighted by Gasteiger charge is 2.34. The number of nitrogens with one attached hydrogen (secondary N) is 1. The van der Waals surface area contributed by atoms with Gasteiger partial charge in [0.2, 0.25) is 5.91 Å². The van der Waals surface area contributed by atoms with Gasteiger partial charge in [0.25, 0.3) is 0 Å². The SMILES string of the molecule is O=C1CC(c2cccs2)c2sc(C(=O)O)c(-c3cccc(F)c3)c2N1. The summed E-state index contributed by atoms with van der Waals surface area (Å²) in [6, 6.07) is 9.62. The summed E-state index contributed by atoms with van der Waals surface area (Å²) in [5.74, 6) is -1.88. The van der Waals surface area contributed by atoms with E-state index in [1.165, 1.54) is 29.5 Å². The lowest BCUT2D eigenvalue weighted by Gasteiger charge is -2.22. The largest absolute Gasteiger partial charge is 0.477 e. The van der Waals surface area contributed by atoms with Crippen LogP contribution in [0.15, 0.2) is 41.8 Å². The van der Waals surface area contributed by atoms with E-state index in [4.69, 9.17) is 0 Å². The standard InChI is InChI=1S/C18H12FNO3S2/c19-10-4-1-3-9(7-10)14-15-16(25-17(14)18(22)23)11(8-13(21)20-15)12-5-2-6-24-12/h1-7,11H,8H2,(H,20,21)(H,22,23). The number of hydrogen-bond acceptors (Lipinski definition) is 4. The Bertz CT molecular complexity index is 978. The number of carbonyl (C=O) groups excluding carboxylic acids is 1. The van der Waals surface area contributed by atoms with Crippen molar-refractivity contribution >= 4 is 40.2 Å². The molecule has 1 aliphatic rings. The molecule has 4 rings (SSSR count). The fourth-order valence-corrected chi connectivity index (χ4v) is 5.22. The van der Waals surface area contributed by atoms with Gasteiger partial charge in [0.05, 0.1) is 5.69 Å². The molecule has 0 bridgehead atoms. The van der Waals surface area contributed by atoms with Gasteiger partial charge in [-0.25, -0.2) is 9.18 Å². The second-order valence-electron chi connectivity index (χ2n) is 5.68. The summed E-state index contributed by atoms with van der Waals surface area (Å²) in [7, 11) is 0. The second kappa shape index (κ2) is 6.09. The zero-order valence-electron chi connectivity index (χ0n) is 12.8. The Kier molecular flexibility index (Phi) is 3.89. The van der Waals surface area contributed by atoms with E-state index in [2.05, 4.69) is 5.32 Å². The Hall–Kier alpha value is -2.51. The highest BCUT2D eigenvalue weighted by atomic mass is 32.1. The van der Waals surface area contributed by atoms with Crippen LogP contribution in [-0.2, 0) is 4.79 Å². The number of carbonyl (C=O) groups is 2. The number of amides is 1. The minimum Gasteiger partial charge on any atom is -0.477 e. The van der Waals surface area contributed by atoms with Crippen molar-refractivity contribution in [1.29, 1.82) is 0 Å². The molecule has 1 unspecified atom stereocenters. The number of carboxylic acid groups (broad SMARTS) is 1. The lowest BCUT2D eigenvalue weighted by molar-refractivity contribution is -0.116. The fraction of sp³-hybridized carbons (Fsp3) is 0.111. The van der Waals surface area contributed by atoms with Crippen LogP contribution < -0.4 is 5.32 Å². The van der Waals surface area contributed by atoms with Crippen molar-refractivity contribution in [1.82, 2.24) is 0 Å². The summed E-state index contributed by atoms with van der Waals surface area (Å²) >= 11 is 2.69. The van der Waals surface area contributed by atoms with Gasteiger partial charge < -0.3 is 10.4 Å². The molecule has 1 aromatic carbocycles. The van der Waals surface area contributed by atoms with E-state index in [9.17, 15) is 19.1 Å². The van der Waals surface area contributed by atoms with Gasteiger partial charge in [-0.2, -0.15) is 0 Å². The minimum absolute atomic E-state index is 0.111. The van der Waals surface area contributed by atoms with Crippen LogP contribution in [0.2, 0.25) is 0 Å². The van der Waals surface area contributed by atoms with Gasteiger partial charge in [0.15, 0.2) is 0 Å². The zero-order chi connectivity index (χ0) is 17.6. The van der Waals surface area contributed by atoms with Crippen LogP contribution in [0.5, 0.6) is 0 Å². The number of hydrogen-bond donors (Lipinski definition) is 2. The van der Waals surface area contributed by atoms with Crippen molar-refractivity contribution in [3.8, 4) is 11.1 Å². The molecule has 1 atom stereocenters. The number of anilines is 1. The number of thiophene rings is 2. The zero-order valence-corrected chi connectivity index (χ0v) is 14.4. The van der Waals surface area contributed by atoms with Crippen molar-refractivity contribution < 1.29 is 19.1 Å². The number of benzene rings is 1. The Labute approximate surface area is 150 Å². The molecular weight excluding hydrogens is 361 g/mol. The van der Waals surface area contributed by atoms with E-state index in [0.717, 1.165) is 21.1 Å². The van der Waals surface area contributed by atoms with Crippen LogP contribution in [0.1, 0.15) is 31.8 Å². The minimum atomic E-state index is -1.09. The van der Waals surface area contributed by atoms with Crippen LogP contribution in [0.3, 0.4) is 0 Å². The van der Waals surface area contributed by atoms with Gasteiger partial charge in [-0.05, 0) is 29.1 Å². The molecule has 3 heterocycles. The molecule has 3 aromatic rings. The van der Waals surface area contributed by atoms with Crippen molar-refractivity contribution in [2.24, 2.45) is 0 Å². The molecule has 2 aromatic heterocycles. The maximum atomic E-state index is 13.7. The summed E-state index contributed by atoms with van der Waals surface area (Å²) < 4.78 is 13.7. The quantitative estimate of drug-likeness (QED) is 0.694. The second-order valence-corrected chi connectivity index (χ2v) is 7.71. The number of aromatic carboxylic acids is 1. The number of rotatable bonds is 3. The fourth-order valence-electron chi connectivity index (χ4n) is 3.08. The Morgan fingerprint density at radius 2 is 2.12 bits per heavy atom. The lowest BCUT2D eigenvalue weighted by atomic mass is 9.93. The summed E-state index contributed by atoms with van der Waals surface area (Å²) in [5, 5.41) is 14.4. The molecule has 25 heavy (non-hydrogen) atoms. The van der Waals surface area contributed by atoms with Crippen LogP contribution >= 0.6 is 22.7 Å². The number of fused-ring (bicyclic) bond motifs is 1. The maximum absolute atomic E-state index is 13.7. The molecule has 0 saturated heterocycles. The number of halogens is 1. The van der Waals surface area contributed by atoms with E-state index in [1.54, 1.807) is 6.07 Å². The monoisotopic (exact) mass is 373 g/mol. The first-order valence-electron chi connectivity index (χ1n) is 7.53. The van der Waals surface area contributed by atoms with Gasteiger partial charge in [-0.15, -0.1) is 22.7 Å². The predicted octanol–water partition coefficient (Wildman–Crippen LogP) is 4.79. The van der Waals surface area contributed by atoms with Crippen LogP contribution in [0, 0.1) is 5.82 Å². The van der Waals surface area contributed by atoms with Crippen molar-refractivity contribution in [2.45, 2.75) is 12.3 Å². The van der Waals surface area contributed by atoms with E-state index in [-0.39, 0.29) is 23.1 Å². The van der Waals surface area contributed by atoms with Crippen LogP contribution in [0.4, 0.5) is 10.1 Å². The molecule has 0 radical (unpaired) electrons. The molecule has 0 aliphatic carbocycles. The van der Waals surface area contributed by atoms with Gasteiger partial charge >= 0.3 is 5.97 Å². The average molecular weight is 373 g/mol. The third-order valence-electron chi connectivity index (χ3n) is 4.10. The van der Waals surface area contributed by atoms with Gasteiger partial charge in [0.1, 0.15) is 10.7 Å². The first-order chi connectivity index (χ1) is 12.0. The van der Waals surface area contributed by atoms with Crippen LogP contribution in [0.25, 0.3) is 11.1 Å². The molecule has 1 amide bonds. The van der Waals surface area contributed by atoms with Crippen molar-refractivity contribution in [3.63, 3.8) is 0 Å². The lowest BCUT2D eigenvalue weighted by Crippen LogP contribution is -2.22. The number of carboxylic acids is 1. The molecule has 0 spiro atoms.